The van der Waals surface area contributed by atoms with E-state index in [9.17, 15) is 0 Å². The van der Waals surface area contributed by atoms with E-state index in [1.54, 1.807) is 11.3 Å². The number of fused-ring (bicyclic) bond motifs is 2. The van der Waals surface area contributed by atoms with E-state index in [2.05, 4.69) is 95.9 Å². The molecule has 0 bridgehead atoms. The topological polar surface area (TPSA) is 60.6 Å². The summed E-state index contributed by atoms with van der Waals surface area (Å²) in [7, 11) is 4.11. The van der Waals surface area contributed by atoms with Gasteiger partial charge < -0.3 is 9.88 Å². The van der Waals surface area contributed by atoms with Crippen molar-refractivity contribution in [2.45, 2.75) is 13.8 Å². The van der Waals surface area contributed by atoms with Gasteiger partial charge in [0.2, 0.25) is 0 Å². The lowest BCUT2D eigenvalue weighted by Gasteiger charge is -2.11. The monoisotopic (exact) mass is 505 g/mol. The zero-order chi connectivity index (χ0) is 26.1. The summed E-state index contributed by atoms with van der Waals surface area (Å²) in [4.78, 5) is 13.2. The van der Waals surface area contributed by atoms with Crippen molar-refractivity contribution < 1.29 is 0 Å². The highest BCUT2D eigenvalue weighted by Gasteiger charge is 2.16. The number of pyridine rings is 1. The minimum Gasteiger partial charge on any atom is -0.353 e. The van der Waals surface area contributed by atoms with Crippen molar-refractivity contribution >= 4 is 44.4 Å². The molecule has 5 aromatic rings. The molecule has 0 spiro atoms. The first-order chi connectivity index (χ1) is 17.9. The summed E-state index contributed by atoms with van der Waals surface area (Å²) in [5, 5.41) is 8.97. The molecule has 5 rings (SSSR count). The van der Waals surface area contributed by atoms with Gasteiger partial charge in [0.15, 0.2) is 0 Å². The van der Waals surface area contributed by atoms with Gasteiger partial charge in [-0.3, -0.25) is 5.10 Å². The van der Waals surface area contributed by atoms with Crippen molar-refractivity contribution in [2.75, 3.05) is 20.6 Å². The molecule has 6 heteroatoms. The average Bonchev–Trinajstić information content (AvgIpc) is 3.63. The second-order valence-electron chi connectivity index (χ2n) is 9.46. The molecule has 5 nitrogen and oxygen atoms in total. The first-order valence-electron chi connectivity index (χ1n) is 12.3. The number of nitrogens with zero attached hydrogens (tertiary/aromatic N) is 3. The van der Waals surface area contributed by atoms with Crippen LogP contribution in [0.4, 0.5) is 0 Å². The van der Waals surface area contributed by atoms with Crippen LogP contribution in [0.1, 0.15) is 24.4 Å². The van der Waals surface area contributed by atoms with Crippen molar-refractivity contribution in [1.29, 1.82) is 0 Å². The maximum absolute atomic E-state index is 5.04. The van der Waals surface area contributed by atoms with Crippen LogP contribution >= 0.6 is 11.3 Å². The quantitative estimate of drug-likeness (QED) is 0.210. The van der Waals surface area contributed by atoms with Gasteiger partial charge in [0.1, 0.15) is 11.2 Å². The Morgan fingerprint density at radius 1 is 1.11 bits per heavy atom. The number of hydrogen-bond acceptors (Lipinski definition) is 4. The highest BCUT2D eigenvalue weighted by Crippen LogP contribution is 2.38. The number of hydrogen-bond donors (Lipinski definition) is 2. The van der Waals surface area contributed by atoms with Gasteiger partial charge in [0.05, 0.1) is 16.9 Å². The van der Waals surface area contributed by atoms with Crippen LogP contribution in [0, 0.1) is 0 Å². The Hall–Kier alpha value is -4.00. The lowest BCUT2D eigenvalue weighted by atomic mass is 10.1. The predicted molar refractivity (Wildman–Crippen MR) is 160 cm³/mol. The number of H-pyrrole nitrogens is 2. The van der Waals surface area contributed by atoms with E-state index in [1.165, 1.54) is 15.3 Å². The molecule has 4 heterocycles. The van der Waals surface area contributed by atoms with Crippen LogP contribution in [0.3, 0.4) is 0 Å². The molecule has 0 saturated carbocycles. The van der Waals surface area contributed by atoms with Gasteiger partial charge in [-0.15, -0.1) is 11.3 Å². The second kappa shape index (κ2) is 10.2. The van der Waals surface area contributed by atoms with Crippen LogP contribution in [-0.4, -0.2) is 45.7 Å². The molecule has 186 valence electrons. The molecule has 0 radical (unpaired) electrons. The summed E-state index contributed by atoms with van der Waals surface area (Å²) in [6, 6.07) is 16.9. The highest BCUT2D eigenvalue weighted by atomic mass is 32.1. The van der Waals surface area contributed by atoms with Crippen molar-refractivity contribution in [3.63, 3.8) is 0 Å². The third-order valence-electron chi connectivity index (χ3n) is 6.33. The van der Waals surface area contributed by atoms with Crippen molar-refractivity contribution in [1.82, 2.24) is 25.1 Å². The van der Waals surface area contributed by atoms with E-state index in [0.29, 0.717) is 0 Å². The number of nitrogens with one attached hydrogen (secondary N) is 2. The molecule has 1 aromatic carbocycles. The van der Waals surface area contributed by atoms with Gasteiger partial charge in [-0.1, -0.05) is 37.4 Å². The molecule has 0 atom stereocenters. The van der Waals surface area contributed by atoms with Crippen LogP contribution in [0.5, 0.6) is 0 Å². The number of benzene rings is 1. The fourth-order valence-electron chi connectivity index (χ4n) is 4.50. The molecular formula is C31H31N5S. The number of aromatic nitrogens is 4. The lowest BCUT2D eigenvalue weighted by Crippen LogP contribution is -2.14. The predicted octanol–water partition coefficient (Wildman–Crippen LogP) is 7.95. The van der Waals surface area contributed by atoms with Crippen LogP contribution in [0.25, 0.3) is 54.9 Å². The number of rotatable bonds is 8. The van der Waals surface area contributed by atoms with Crippen LogP contribution in [0.2, 0.25) is 0 Å². The van der Waals surface area contributed by atoms with Crippen LogP contribution in [0.15, 0.2) is 85.5 Å². The van der Waals surface area contributed by atoms with Gasteiger partial charge in [-0.25, -0.2) is 4.98 Å². The van der Waals surface area contributed by atoms with E-state index in [-0.39, 0.29) is 0 Å². The summed E-state index contributed by atoms with van der Waals surface area (Å²) < 4.78 is 0. The molecular weight excluding hydrogens is 474 g/mol. The smallest absolute Gasteiger partial charge is 0.135 e. The Morgan fingerprint density at radius 2 is 1.95 bits per heavy atom. The molecule has 2 N–H and O–H groups in total. The van der Waals surface area contributed by atoms with Gasteiger partial charge in [-0.2, -0.15) is 5.10 Å². The highest BCUT2D eigenvalue weighted by molar-refractivity contribution is 7.16. The average molecular weight is 506 g/mol. The number of allylic oxidation sites excluding steroid dienone is 4. The largest absolute Gasteiger partial charge is 0.353 e. The lowest BCUT2D eigenvalue weighted by molar-refractivity contribution is 0.449. The summed E-state index contributed by atoms with van der Waals surface area (Å²) in [5.74, 6) is 0. The molecule has 0 unspecified atom stereocenters. The first kappa shape index (κ1) is 24.7. The second-order valence-corrected chi connectivity index (χ2v) is 10.5. The zero-order valence-corrected chi connectivity index (χ0v) is 22.5. The first-order valence-corrected chi connectivity index (χ1v) is 13.1. The molecule has 0 aliphatic heterocycles. The summed E-state index contributed by atoms with van der Waals surface area (Å²) >= 11 is 1.77. The Morgan fingerprint density at radius 3 is 2.65 bits per heavy atom. The minimum atomic E-state index is 0.810. The molecule has 4 aromatic heterocycles. The Labute approximate surface area is 221 Å². The summed E-state index contributed by atoms with van der Waals surface area (Å²) in [5.41, 5.74) is 9.93. The Bertz CT molecular complexity index is 1690. The van der Waals surface area contributed by atoms with Crippen molar-refractivity contribution in [3.8, 4) is 21.8 Å². The van der Waals surface area contributed by atoms with Gasteiger partial charge in [0, 0.05) is 32.8 Å². The minimum absolute atomic E-state index is 0.810. The van der Waals surface area contributed by atoms with Crippen molar-refractivity contribution in [3.05, 3.63) is 96.1 Å². The van der Waals surface area contributed by atoms with Gasteiger partial charge >= 0.3 is 0 Å². The number of thiophene rings is 1. The maximum Gasteiger partial charge on any atom is 0.135 e. The van der Waals surface area contributed by atoms with E-state index in [1.807, 2.05) is 32.1 Å². The molecule has 0 amide bonds. The summed E-state index contributed by atoms with van der Waals surface area (Å²) in [6.07, 6.45) is 6.14. The molecule has 37 heavy (non-hydrogen) atoms. The van der Waals surface area contributed by atoms with Crippen LogP contribution in [-0.2, 0) is 0 Å². The van der Waals surface area contributed by atoms with E-state index < -0.39 is 0 Å². The summed E-state index contributed by atoms with van der Waals surface area (Å²) in [6.45, 7) is 13.0. The molecule has 0 aliphatic rings. The third kappa shape index (κ3) is 4.86. The Balaban J connectivity index is 1.58. The molecule has 0 fully saturated rings. The fourth-order valence-corrected chi connectivity index (χ4v) is 5.47. The zero-order valence-electron chi connectivity index (χ0n) is 21.7. The van der Waals surface area contributed by atoms with Crippen LogP contribution < -0.4 is 0 Å². The number of aromatic amines is 2. The molecule has 0 aliphatic carbocycles. The van der Waals surface area contributed by atoms with E-state index in [4.69, 9.17) is 4.98 Å². The third-order valence-corrected chi connectivity index (χ3v) is 7.61. The van der Waals surface area contributed by atoms with Gasteiger partial charge in [-0.05, 0) is 87.1 Å². The van der Waals surface area contributed by atoms with E-state index in [0.717, 1.165) is 62.3 Å². The molecule has 0 saturated heterocycles. The van der Waals surface area contributed by atoms with Crippen molar-refractivity contribution in [2.24, 2.45) is 0 Å². The standard InChI is InChI=1S/C31H31N5S/c1-7-20(18-36(5)6)16-21(8-2)24-12-13-26-30(33-24)31(35-34-26)27-17-23-22(10-9-11-25(23)32-27)29-15-14-28(37-29)19(3)4/h7-17,32H,1,3,18H2,2,4-6H3,(H,34,35)/b20-16+,21-8+. The maximum atomic E-state index is 5.04. The van der Waals surface area contributed by atoms with E-state index >= 15 is 0 Å². The SMILES string of the molecule is C=C/C(=C\C(=C/C)c1ccc2[nH]nc(-c3cc4c(-c5ccc(C(=C)C)s5)cccc4[nH]3)c2n1)CN(C)C. The fraction of sp³-hybridized carbons (Fsp3) is 0.161. The number of likely N-dealkylation sites (N-methyl/N-ethyl adjacent to an activating group) is 1. The normalized spacial score (nSPS) is 12.7. The Kier molecular flexibility index (Phi) is 6.78. The van der Waals surface area contributed by atoms with Gasteiger partial charge in [0.25, 0.3) is 0 Å².